The predicted octanol–water partition coefficient (Wildman–Crippen LogP) is 1.32. The number of hydrogen-bond donors (Lipinski definition) is 1. The van der Waals surface area contributed by atoms with Crippen molar-refractivity contribution < 1.29 is 22.3 Å². The summed E-state index contributed by atoms with van der Waals surface area (Å²) in [5.41, 5.74) is -1.84. The van der Waals surface area contributed by atoms with E-state index < -0.39 is 32.9 Å². The number of benzene rings is 1. The highest BCUT2D eigenvalue weighted by atomic mass is 32.2. The molecule has 0 aliphatic carbocycles. The molecule has 114 valence electrons. The molecule has 0 heterocycles. The zero-order valence-electron chi connectivity index (χ0n) is 11.8. The number of ether oxygens (including phenoxy) is 1. The highest BCUT2D eigenvalue weighted by molar-refractivity contribution is 7.89. The molecule has 1 N–H and O–H groups in total. The number of nitrogens with zero attached hydrogens (tertiary/aromatic N) is 1. The molecule has 6 nitrogen and oxygen atoms in total. The first-order chi connectivity index (χ1) is 9.70. The summed E-state index contributed by atoms with van der Waals surface area (Å²) in [7, 11) is -2.95. The average Bonchev–Trinajstić information content (AvgIpc) is 2.45. The lowest BCUT2D eigenvalue weighted by molar-refractivity contribution is -0.147. The zero-order valence-corrected chi connectivity index (χ0v) is 12.6. The Morgan fingerprint density at radius 1 is 1.52 bits per heavy atom. The Morgan fingerprint density at radius 3 is 2.62 bits per heavy atom. The van der Waals surface area contributed by atoms with Gasteiger partial charge < -0.3 is 4.74 Å². The number of carbonyl (C=O) groups is 1. The van der Waals surface area contributed by atoms with Crippen LogP contribution in [-0.4, -0.2) is 27.0 Å². The fraction of sp³-hybridized carbons (Fsp3) is 0.385. The van der Waals surface area contributed by atoms with Gasteiger partial charge in [-0.1, -0.05) is 6.92 Å². The van der Waals surface area contributed by atoms with Crippen LogP contribution in [0.15, 0.2) is 23.1 Å². The van der Waals surface area contributed by atoms with Crippen molar-refractivity contribution in [1.82, 2.24) is 4.72 Å². The van der Waals surface area contributed by atoms with Crippen molar-refractivity contribution in [2.75, 3.05) is 7.11 Å². The van der Waals surface area contributed by atoms with Crippen LogP contribution in [0.4, 0.5) is 4.39 Å². The quantitative estimate of drug-likeness (QED) is 0.827. The molecule has 1 atom stereocenters. The van der Waals surface area contributed by atoms with Gasteiger partial charge in [0, 0.05) is 0 Å². The standard InChI is InChI=1S/C13H15FN2O4S/c1-4-13(2,12(17)20-3)16-21(18,19)10-5-6-11(14)9(7-10)8-15/h5-7,16H,4H2,1-3H3. The van der Waals surface area contributed by atoms with Gasteiger partial charge in [-0.05, 0) is 31.5 Å². The van der Waals surface area contributed by atoms with Crippen LogP contribution in [0.3, 0.4) is 0 Å². The summed E-state index contributed by atoms with van der Waals surface area (Å²) in [5, 5.41) is 8.73. The van der Waals surface area contributed by atoms with Crippen LogP contribution in [0.5, 0.6) is 0 Å². The molecule has 1 aromatic rings. The van der Waals surface area contributed by atoms with E-state index in [1.54, 1.807) is 13.0 Å². The van der Waals surface area contributed by atoms with Crippen molar-refractivity contribution in [2.24, 2.45) is 0 Å². The van der Waals surface area contributed by atoms with E-state index in [-0.39, 0.29) is 11.3 Å². The number of sulfonamides is 1. The highest BCUT2D eigenvalue weighted by Crippen LogP contribution is 2.19. The molecule has 0 aromatic heterocycles. The van der Waals surface area contributed by atoms with Gasteiger partial charge in [-0.15, -0.1) is 0 Å². The molecule has 0 radical (unpaired) electrons. The van der Waals surface area contributed by atoms with Crippen LogP contribution in [0.1, 0.15) is 25.8 Å². The second-order valence-electron chi connectivity index (χ2n) is 4.54. The van der Waals surface area contributed by atoms with Gasteiger partial charge in [0.2, 0.25) is 10.0 Å². The number of rotatable bonds is 5. The predicted molar refractivity (Wildman–Crippen MR) is 72.1 cm³/mol. The summed E-state index contributed by atoms with van der Waals surface area (Å²) >= 11 is 0. The molecule has 0 aliphatic heterocycles. The van der Waals surface area contributed by atoms with E-state index in [4.69, 9.17) is 5.26 Å². The Morgan fingerprint density at radius 2 is 2.14 bits per heavy atom. The van der Waals surface area contributed by atoms with Crippen molar-refractivity contribution >= 4 is 16.0 Å². The van der Waals surface area contributed by atoms with Crippen LogP contribution in [-0.2, 0) is 19.6 Å². The average molecular weight is 314 g/mol. The SMILES string of the molecule is CCC(C)(NS(=O)(=O)c1ccc(F)c(C#N)c1)C(=O)OC. The van der Waals surface area contributed by atoms with Crippen molar-refractivity contribution in [1.29, 1.82) is 5.26 Å². The first-order valence-corrected chi connectivity index (χ1v) is 7.50. The van der Waals surface area contributed by atoms with E-state index >= 15 is 0 Å². The molecule has 0 fully saturated rings. The van der Waals surface area contributed by atoms with E-state index in [2.05, 4.69) is 9.46 Å². The number of halogens is 1. The third-order valence-electron chi connectivity index (χ3n) is 3.07. The number of hydrogen-bond acceptors (Lipinski definition) is 5. The molecule has 0 aliphatic rings. The molecule has 1 aromatic carbocycles. The number of nitrogens with one attached hydrogen (secondary N) is 1. The monoisotopic (exact) mass is 314 g/mol. The van der Waals surface area contributed by atoms with E-state index in [1.165, 1.54) is 6.92 Å². The lowest BCUT2D eigenvalue weighted by Gasteiger charge is -2.26. The van der Waals surface area contributed by atoms with Gasteiger partial charge in [0.1, 0.15) is 17.4 Å². The summed E-state index contributed by atoms with van der Waals surface area (Å²) in [5.74, 6) is -1.56. The van der Waals surface area contributed by atoms with Gasteiger partial charge in [0.25, 0.3) is 0 Å². The summed E-state index contributed by atoms with van der Waals surface area (Å²) in [6.45, 7) is 3.00. The van der Waals surface area contributed by atoms with E-state index in [0.29, 0.717) is 0 Å². The Balaban J connectivity index is 3.24. The lowest BCUT2D eigenvalue weighted by Crippen LogP contribution is -2.52. The molecule has 1 rings (SSSR count). The van der Waals surface area contributed by atoms with Crippen LogP contribution in [0, 0.1) is 17.1 Å². The van der Waals surface area contributed by atoms with Gasteiger partial charge >= 0.3 is 5.97 Å². The summed E-state index contributed by atoms with van der Waals surface area (Å²) in [4.78, 5) is 11.4. The maximum absolute atomic E-state index is 13.2. The van der Waals surface area contributed by atoms with E-state index in [0.717, 1.165) is 25.3 Å². The fourth-order valence-corrected chi connectivity index (χ4v) is 3.05. The minimum atomic E-state index is -4.10. The minimum Gasteiger partial charge on any atom is -0.468 e. The molecular weight excluding hydrogens is 299 g/mol. The van der Waals surface area contributed by atoms with Gasteiger partial charge in [0.15, 0.2) is 0 Å². The summed E-state index contributed by atoms with van der Waals surface area (Å²) in [6, 6.07) is 4.37. The number of esters is 1. The first-order valence-electron chi connectivity index (χ1n) is 6.02. The lowest BCUT2D eigenvalue weighted by atomic mass is 10.0. The van der Waals surface area contributed by atoms with E-state index in [1.807, 2.05) is 0 Å². The molecule has 21 heavy (non-hydrogen) atoms. The van der Waals surface area contributed by atoms with Crippen LogP contribution in [0.25, 0.3) is 0 Å². The number of methoxy groups -OCH3 is 1. The van der Waals surface area contributed by atoms with Gasteiger partial charge in [-0.25, -0.2) is 12.8 Å². The number of carbonyl (C=O) groups excluding carboxylic acids is 1. The Labute approximate surface area is 122 Å². The molecule has 1 unspecified atom stereocenters. The van der Waals surface area contributed by atoms with Crippen molar-refractivity contribution in [2.45, 2.75) is 30.7 Å². The maximum Gasteiger partial charge on any atom is 0.326 e. The topological polar surface area (TPSA) is 96.3 Å². The Bertz CT molecular complexity index is 697. The van der Waals surface area contributed by atoms with Crippen molar-refractivity contribution in [3.63, 3.8) is 0 Å². The summed E-state index contributed by atoms with van der Waals surface area (Å²) < 4.78 is 44.5. The zero-order chi connectivity index (χ0) is 16.3. The molecule has 8 heteroatoms. The van der Waals surface area contributed by atoms with Crippen LogP contribution >= 0.6 is 0 Å². The summed E-state index contributed by atoms with van der Waals surface area (Å²) in [6.07, 6.45) is 0.158. The molecule has 0 saturated carbocycles. The molecule has 0 amide bonds. The van der Waals surface area contributed by atoms with Gasteiger partial charge in [0.05, 0.1) is 17.6 Å². The molecular formula is C13H15FN2O4S. The third kappa shape index (κ3) is 3.56. The first kappa shape index (κ1) is 17.1. The molecule has 0 bridgehead atoms. The fourth-order valence-electron chi connectivity index (χ4n) is 1.60. The number of nitriles is 1. The van der Waals surface area contributed by atoms with Gasteiger partial charge in [-0.2, -0.15) is 9.98 Å². The minimum absolute atomic E-state index is 0.158. The van der Waals surface area contributed by atoms with Crippen molar-refractivity contribution in [3.8, 4) is 6.07 Å². The van der Waals surface area contributed by atoms with Gasteiger partial charge in [-0.3, -0.25) is 4.79 Å². The second-order valence-corrected chi connectivity index (χ2v) is 6.22. The highest BCUT2D eigenvalue weighted by Gasteiger charge is 2.37. The van der Waals surface area contributed by atoms with Crippen LogP contribution in [0.2, 0.25) is 0 Å². The smallest absolute Gasteiger partial charge is 0.326 e. The molecule has 0 saturated heterocycles. The normalized spacial score (nSPS) is 14.0. The van der Waals surface area contributed by atoms with Crippen molar-refractivity contribution in [3.05, 3.63) is 29.6 Å². The maximum atomic E-state index is 13.2. The third-order valence-corrected chi connectivity index (χ3v) is 4.67. The second kappa shape index (κ2) is 6.20. The largest absolute Gasteiger partial charge is 0.468 e. The Kier molecular flexibility index (Phi) is 5.04. The molecule has 0 spiro atoms. The Hall–Kier alpha value is -1.98. The van der Waals surface area contributed by atoms with Crippen LogP contribution < -0.4 is 4.72 Å². The van der Waals surface area contributed by atoms with E-state index in [9.17, 15) is 17.6 Å².